The summed E-state index contributed by atoms with van der Waals surface area (Å²) in [6, 6.07) is 0. The van der Waals surface area contributed by atoms with Crippen LogP contribution in [-0.2, 0) is 9.53 Å². The minimum Gasteiger partial charge on any atom is -0.466 e. The topological polar surface area (TPSA) is 46.5 Å². The highest BCUT2D eigenvalue weighted by Crippen LogP contribution is 2.08. The van der Waals surface area contributed by atoms with Gasteiger partial charge in [-0.2, -0.15) is 0 Å². The normalized spacial score (nSPS) is 10.4. The number of ether oxygens (including phenoxy) is 1. The molecule has 0 fully saturated rings. The van der Waals surface area contributed by atoms with Crippen molar-refractivity contribution < 1.29 is 14.6 Å². The van der Waals surface area contributed by atoms with Crippen LogP contribution in [0.2, 0.25) is 0 Å². The Morgan fingerprint density at radius 2 is 1.62 bits per heavy atom. The van der Waals surface area contributed by atoms with Crippen LogP contribution < -0.4 is 0 Å². The molecule has 0 saturated carbocycles. The third-order valence-electron chi connectivity index (χ3n) is 2.55. The number of hydrogen-bond donors (Lipinski definition) is 1. The molecule has 0 rings (SSSR count). The number of aliphatic hydroxyl groups excluding tert-OH is 1. The van der Waals surface area contributed by atoms with Crippen molar-refractivity contribution in [1.29, 1.82) is 0 Å². The van der Waals surface area contributed by atoms with Crippen molar-refractivity contribution in [3.05, 3.63) is 0 Å². The van der Waals surface area contributed by atoms with Crippen molar-refractivity contribution in [2.75, 3.05) is 13.2 Å². The van der Waals surface area contributed by atoms with E-state index in [4.69, 9.17) is 9.84 Å². The maximum Gasteiger partial charge on any atom is 0.305 e. The molecule has 0 unspecified atom stereocenters. The Morgan fingerprint density at radius 3 is 2.25 bits per heavy atom. The summed E-state index contributed by atoms with van der Waals surface area (Å²) in [5.41, 5.74) is 0. The van der Waals surface area contributed by atoms with E-state index in [-0.39, 0.29) is 12.6 Å². The number of hydrogen-bond acceptors (Lipinski definition) is 3. The van der Waals surface area contributed by atoms with Gasteiger partial charge in [-0.1, -0.05) is 45.4 Å². The molecule has 0 aromatic rings. The summed E-state index contributed by atoms with van der Waals surface area (Å²) in [4.78, 5) is 11.1. The van der Waals surface area contributed by atoms with Crippen molar-refractivity contribution in [1.82, 2.24) is 0 Å². The van der Waals surface area contributed by atoms with Crippen LogP contribution in [0.5, 0.6) is 0 Å². The molecule has 0 aliphatic rings. The van der Waals surface area contributed by atoms with Gasteiger partial charge in [0.25, 0.3) is 0 Å². The van der Waals surface area contributed by atoms with E-state index in [1.54, 1.807) is 0 Å². The quantitative estimate of drug-likeness (QED) is 0.438. The van der Waals surface area contributed by atoms with Gasteiger partial charge in [-0.25, -0.2) is 0 Å². The van der Waals surface area contributed by atoms with E-state index in [1.807, 2.05) is 0 Å². The molecule has 0 heterocycles. The lowest BCUT2D eigenvalue weighted by molar-refractivity contribution is -0.144. The highest BCUT2D eigenvalue weighted by atomic mass is 16.5. The molecule has 0 atom stereocenters. The van der Waals surface area contributed by atoms with Crippen molar-refractivity contribution in [2.24, 2.45) is 0 Å². The number of carbonyl (C=O) groups is 1. The van der Waals surface area contributed by atoms with Crippen LogP contribution in [0, 0.1) is 0 Å². The van der Waals surface area contributed by atoms with Gasteiger partial charge in [-0.3, -0.25) is 4.79 Å². The Hall–Kier alpha value is -0.570. The first-order valence-electron chi connectivity index (χ1n) is 6.57. The molecule has 96 valence electrons. The molecule has 0 aromatic heterocycles. The molecule has 3 heteroatoms. The molecule has 0 saturated heterocycles. The zero-order valence-electron chi connectivity index (χ0n) is 10.5. The summed E-state index contributed by atoms with van der Waals surface area (Å²) in [6.45, 7) is 2.65. The second kappa shape index (κ2) is 12.5. The van der Waals surface area contributed by atoms with Crippen molar-refractivity contribution in [2.45, 2.75) is 64.7 Å². The Morgan fingerprint density at radius 1 is 1.00 bits per heavy atom. The Balaban J connectivity index is 3.09. The second-order valence-electron chi connectivity index (χ2n) is 4.17. The lowest BCUT2D eigenvalue weighted by Crippen LogP contribution is -2.06. The predicted octanol–water partition coefficient (Wildman–Crippen LogP) is 3.05. The van der Waals surface area contributed by atoms with Gasteiger partial charge in [0.15, 0.2) is 0 Å². The summed E-state index contributed by atoms with van der Waals surface area (Å²) in [5, 5.41) is 8.50. The monoisotopic (exact) mass is 230 g/mol. The number of unbranched alkanes of at least 4 members (excludes halogenated alkanes) is 6. The third-order valence-corrected chi connectivity index (χ3v) is 2.55. The van der Waals surface area contributed by atoms with E-state index < -0.39 is 0 Å². The summed E-state index contributed by atoms with van der Waals surface area (Å²) in [6.07, 6.45) is 9.56. The molecule has 0 spiro atoms. The molecular weight excluding hydrogens is 204 g/mol. The van der Waals surface area contributed by atoms with Crippen molar-refractivity contribution in [3.8, 4) is 0 Å². The van der Waals surface area contributed by atoms with Crippen molar-refractivity contribution >= 4 is 5.97 Å². The molecule has 3 nitrogen and oxygen atoms in total. The molecule has 0 bridgehead atoms. The van der Waals surface area contributed by atoms with Gasteiger partial charge in [0, 0.05) is 19.4 Å². The average molecular weight is 230 g/mol. The van der Waals surface area contributed by atoms with Crippen LogP contribution in [0.15, 0.2) is 0 Å². The Labute approximate surface area is 99.2 Å². The van der Waals surface area contributed by atoms with Crippen LogP contribution in [0.25, 0.3) is 0 Å². The van der Waals surface area contributed by atoms with E-state index in [9.17, 15) is 4.79 Å². The highest BCUT2D eigenvalue weighted by Gasteiger charge is 2.01. The van der Waals surface area contributed by atoms with Crippen LogP contribution in [0.3, 0.4) is 0 Å². The van der Waals surface area contributed by atoms with Crippen LogP contribution >= 0.6 is 0 Å². The summed E-state index contributed by atoms with van der Waals surface area (Å²) >= 11 is 0. The first kappa shape index (κ1) is 15.4. The van der Waals surface area contributed by atoms with Crippen LogP contribution in [0.1, 0.15) is 64.7 Å². The Kier molecular flexibility index (Phi) is 12.1. The first-order valence-corrected chi connectivity index (χ1v) is 6.57. The minimum absolute atomic E-state index is 0.0880. The third kappa shape index (κ3) is 11.5. The fourth-order valence-corrected chi connectivity index (χ4v) is 1.55. The molecule has 0 radical (unpaired) electrons. The van der Waals surface area contributed by atoms with E-state index >= 15 is 0 Å². The number of aliphatic hydroxyl groups is 1. The van der Waals surface area contributed by atoms with Gasteiger partial charge in [0.05, 0.1) is 6.61 Å². The maximum absolute atomic E-state index is 11.1. The highest BCUT2D eigenvalue weighted by molar-refractivity contribution is 5.69. The molecular formula is C13H26O3. The first-order chi connectivity index (χ1) is 7.81. The van der Waals surface area contributed by atoms with E-state index in [0.717, 1.165) is 12.8 Å². The van der Waals surface area contributed by atoms with E-state index in [0.29, 0.717) is 19.4 Å². The smallest absolute Gasteiger partial charge is 0.305 e. The lowest BCUT2D eigenvalue weighted by Gasteiger charge is -2.03. The standard InChI is InChI=1S/C13H26O3/c1-2-3-4-5-6-7-8-10-13(15)16-12-9-11-14/h14H,2-12H2,1H3. The number of rotatable bonds is 11. The van der Waals surface area contributed by atoms with Gasteiger partial charge < -0.3 is 9.84 Å². The summed E-state index contributed by atoms with van der Waals surface area (Å²) in [7, 11) is 0. The van der Waals surface area contributed by atoms with Crippen molar-refractivity contribution in [3.63, 3.8) is 0 Å². The Bertz CT molecular complexity index is 157. The number of carbonyl (C=O) groups excluding carboxylic acids is 1. The molecule has 0 aliphatic heterocycles. The molecule has 0 amide bonds. The average Bonchev–Trinajstić information content (AvgIpc) is 2.28. The number of esters is 1. The van der Waals surface area contributed by atoms with E-state index in [1.165, 1.54) is 32.1 Å². The molecule has 0 aromatic carbocycles. The van der Waals surface area contributed by atoms with Gasteiger partial charge in [0.2, 0.25) is 0 Å². The van der Waals surface area contributed by atoms with Gasteiger partial charge in [0.1, 0.15) is 0 Å². The molecule has 0 aliphatic carbocycles. The molecule has 1 N–H and O–H groups in total. The van der Waals surface area contributed by atoms with E-state index in [2.05, 4.69) is 6.92 Å². The SMILES string of the molecule is CCCCCCCCCC(=O)OCCCO. The molecule has 16 heavy (non-hydrogen) atoms. The zero-order valence-corrected chi connectivity index (χ0v) is 10.5. The fourth-order valence-electron chi connectivity index (χ4n) is 1.55. The largest absolute Gasteiger partial charge is 0.466 e. The summed E-state index contributed by atoms with van der Waals surface area (Å²) < 4.78 is 4.93. The summed E-state index contributed by atoms with van der Waals surface area (Å²) in [5.74, 6) is -0.123. The minimum atomic E-state index is -0.123. The maximum atomic E-state index is 11.1. The van der Waals surface area contributed by atoms with Crippen LogP contribution in [0.4, 0.5) is 0 Å². The van der Waals surface area contributed by atoms with Crippen LogP contribution in [-0.4, -0.2) is 24.3 Å². The van der Waals surface area contributed by atoms with Gasteiger partial charge >= 0.3 is 5.97 Å². The van der Waals surface area contributed by atoms with Gasteiger partial charge in [-0.05, 0) is 6.42 Å². The van der Waals surface area contributed by atoms with Gasteiger partial charge in [-0.15, -0.1) is 0 Å². The second-order valence-corrected chi connectivity index (χ2v) is 4.17. The predicted molar refractivity (Wildman–Crippen MR) is 65.3 cm³/mol. The fraction of sp³-hybridized carbons (Fsp3) is 0.923. The zero-order chi connectivity index (χ0) is 12.1. The lowest BCUT2D eigenvalue weighted by atomic mass is 10.1.